The number of halogens is 1. The highest BCUT2D eigenvalue weighted by molar-refractivity contribution is 5.78. The number of hydrogen-bond donors (Lipinski definition) is 0. The van der Waals surface area contributed by atoms with E-state index < -0.39 is 12.6 Å². The van der Waals surface area contributed by atoms with Crippen LogP contribution in [0.4, 0.5) is 4.39 Å². The van der Waals surface area contributed by atoms with Crippen molar-refractivity contribution >= 4 is 5.97 Å². The molecule has 47 valence electrons. The second-order valence-electron chi connectivity index (χ2n) is 1.20. The van der Waals surface area contributed by atoms with E-state index >= 15 is 0 Å². The molecule has 0 bridgehead atoms. The van der Waals surface area contributed by atoms with Crippen LogP contribution in [-0.2, 0) is 9.53 Å². The number of esters is 1. The average molecular weight is 119 g/mol. The molecule has 0 spiro atoms. The molecule has 0 aromatic carbocycles. The summed E-state index contributed by atoms with van der Waals surface area (Å²) in [7, 11) is 1.26. The fourth-order valence-electron chi connectivity index (χ4n) is 0.256. The van der Waals surface area contributed by atoms with Crippen molar-refractivity contribution in [2.24, 2.45) is 0 Å². The van der Waals surface area contributed by atoms with Crippen LogP contribution in [0.2, 0.25) is 0 Å². The van der Waals surface area contributed by atoms with Gasteiger partial charge in [-0.25, -0.2) is 0 Å². The highest BCUT2D eigenvalue weighted by Gasteiger charge is 1.97. The van der Waals surface area contributed by atoms with Gasteiger partial charge in [-0.1, -0.05) is 0 Å². The molecule has 0 amide bonds. The lowest BCUT2D eigenvalue weighted by molar-refractivity contribution is -0.136. The summed E-state index contributed by atoms with van der Waals surface area (Å²) in [4.78, 5) is 10.1. The first-order chi connectivity index (χ1) is 3.81. The minimum Gasteiger partial charge on any atom is -0.469 e. The number of rotatable bonds is 3. The van der Waals surface area contributed by atoms with Gasteiger partial charge in [-0.15, -0.1) is 0 Å². The van der Waals surface area contributed by atoms with Crippen LogP contribution in [0.5, 0.6) is 0 Å². The molecule has 0 N–H and O–H groups in total. The van der Waals surface area contributed by atoms with E-state index in [-0.39, 0.29) is 6.42 Å². The van der Waals surface area contributed by atoms with Crippen LogP contribution in [0.25, 0.3) is 0 Å². The zero-order chi connectivity index (χ0) is 6.41. The maximum absolute atomic E-state index is 11.3. The monoisotopic (exact) mass is 119 g/mol. The number of methoxy groups -OCH3 is 1. The molecule has 2 nitrogen and oxygen atoms in total. The Hall–Kier alpha value is -0.600. The van der Waals surface area contributed by atoms with Crippen LogP contribution >= 0.6 is 0 Å². The Labute approximate surface area is 47.6 Å². The van der Waals surface area contributed by atoms with E-state index in [4.69, 9.17) is 0 Å². The van der Waals surface area contributed by atoms with Crippen molar-refractivity contribution in [3.05, 3.63) is 6.42 Å². The molecule has 0 rings (SSSR count). The van der Waals surface area contributed by atoms with Gasteiger partial charge in [0.15, 0.2) is 0 Å². The maximum atomic E-state index is 11.3. The van der Waals surface area contributed by atoms with Crippen molar-refractivity contribution in [3.63, 3.8) is 0 Å². The Kier molecular flexibility index (Phi) is 4.21. The van der Waals surface area contributed by atoms with Gasteiger partial charge < -0.3 is 4.74 Å². The minimum atomic E-state index is -0.505. The third-order valence-electron chi connectivity index (χ3n) is 0.621. The molecular formula is C5H8FO2. The Morgan fingerprint density at radius 3 is 2.88 bits per heavy atom. The normalized spacial score (nSPS) is 8.75. The van der Waals surface area contributed by atoms with Crippen molar-refractivity contribution in [1.82, 2.24) is 0 Å². The zero-order valence-corrected chi connectivity index (χ0v) is 4.69. The van der Waals surface area contributed by atoms with Crippen molar-refractivity contribution in [1.29, 1.82) is 0 Å². The first-order valence-corrected chi connectivity index (χ1v) is 2.28. The summed E-state index contributed by atoms with van der Waals surface area (Å²) in [5, 5.41) is 0. The number of ether oxygens (including phenoxy) is 1. The second-order valence-corrected chi connectivity index (χ2v) is 1.20. The SMILES string of the molecule is COC(=O)[CH]CCF. The van der Waals surface area contributed by atoms with E-state index in [2.05, 4.69) is 4.74 Å². The van der Waals surface area contributed by atoms with E-state index in [1.165, 1.54) is 13.5 Å². The topological polar surface area (TPSA) is 26.3 Å². The summed E-state index contributed by atoms with van der Waals surface area (Å²) in [5.74, 6) is -0.470. The molecule has 0 saturated heterocycles. The number of alkyl halides is 1. The molecular weight excluding hydrogens is 111 g/mol. The van der Waals surface area contributed by atoms with Crippen LogP contribution in [0.1, 0.15) is 6.42 Å². The minimum absolute atomic E-state index is 0.146. The largest absolute Gasteiger partial charge is 0.469 e. The number of hydrogen-bond acceptors (Lipinski definition) is 2. The van der Waals surface area contributed by atoms with Gasteiger partial charge in [0, 0.05) is 0 Å². The highest BCUT2D eigenvalue weighted by Crippen LogP contribution is 1.88. The lowest BCUT2D eigenvalue weighted by atomic mass is 10.3. The predicted molar refractivity (Wildman–Crippen MR) is 26.9 cm³/mol. The molecule has 0 heterocycles. The van der Waals surface area contributed by atoms with E-state index in [1.807, 2.05) is 0 Å². The molecule has 0 unspecified atom stereocenters. The summed E-state index contributed by atoms with van der Waals surface area (Å²) in [6.07, 6.45) is 1.31. The standard InChI is InChI=1S/C5H8FO2/c1-8-5(7)3-2-4-6/h3H,2,4H2,1H3. The molecule has 0 atom stereocenters. The smallest absolute Gasteiger partial charge is 0.309 e. The molecule has 8 heavy (non-hydrogen) atoms. The molecule has 0 saturated carbocycles. The summed E-state index contributed by atoms with van der Waals surface area (Å²) < 4.78 is 15.4. The average Bonchev–Trinajstić information content (AvgIpc) is 1.83. The number of carbonyl (C=O) groups is 1. The van der Waals surface area contributed by atoms with Crippen LogP contribution in [0.15, 0.2) is 0 Å². The lowest BCUT2D eigenvalue weighted by Gasteiger charge is -1.92. The Morgan fingerprint density at radius 2 is 2.50 bits per heavy atom. The van der Waals surface area contributed by atoms with E-state index in [1.54, 1.807) is 0 Å². The van der Waals surface area contributed by atoms with E-state index in [9.17, 15) is 9.18 Å². The molecule has 0 aromatic heterocycles. The fourth-order valence-corrected chi connectivity index (χ4v) is 0.256. The third-order valence-corrected chi connectivity index (χ3v) is 0.621. The summed E-state index contributed by atoms with van der Waals surface area (Å²) in [6, 6.07) is 0. The Morgan fingerprint density at radius 1 is 1.88 bits per heavy atom. The van der Waals surface area contributed by atoms with Crippen molar-refractivity contribution in [2.45, 2.75) is 6.42 Å². The second kappa shape index (κ2) is 4.56. The molecule has 0 aliphatic rings. The third kappa shape index (κ3) is 3.59. The lowest BCUT2D eigenvalue weighted by Crippen LogP contribution is -2.00. The molecule has 1 radical (unpaired) electrons. The summed E-state index contributed by atoms with van der Waals surface area (Å²) in [5.41, 5.74) is 0. The van der Waals surface area contributed by atoms with Gasteiger partial charge in [-0.2, -0.15) is 0 Å². The van der Waals surface area contributed by atoms with Crippen molar-refractivity contribution in [3.8, 4) is 0 Å². The quantitative estimate of drug-likeness (QED) is 0.512. The van der Waals surface area contributed by atoms with Crippen LogP contribution in [-0.4, -0.2) is 19.8 Å². The maximum Gasteiger partial charge on any atom is 0.309 e. The molecule has 0 aliphatic carbocycles. The van der Waals surface area contributed by atoms with Gasteiger partial charge in [0.1, 0.15) is 0 Å². The summed E-state index contributed by atoms with van der Waals surface area (Å²) >= 11 is 0. The summed E-state index contributed by atoms with van der Waals surface area (Å²) in [6.45, 7) is -0.505. The van der Waals surface area contributed by atoms with E-state index in [0.29, 0.717) is 0 Å². The van der Waals surface area contributed by atoms with Gasteiger partial charge in [-0.3, -0.25) is 9.18 Å². The van der Waals surface area contributed by atoms with Crippen molar-refractivity contribution < 1.29 is 13.9 Å². The first kappa shape index (κ1) is 7.40. The number of carbonyl (C=O) groups excluding carboxylic acids is 1. The van der Waals surface area contributed by atoms with Gasteiger partial charge >= 0.3 is 5.97 Å². The van der Waals surface area contributed by atoms with Gasteiger partial charge in [0.05, 0.1) is 20.2 Å². The molecule has 0 fully saturated rings. The van der Waals surface area contributed by atoms with Gasteiger partial charge in [0.2, 0.25) is 0 Å². The van der Waals surface area contributed by atoms with E-state index in [0.717, 1.165) is 0 Å². The van der Waals surface area contributed by atoms with Gasteiger partial charge in [-0.05, 0) is 6.42 Å². The fraction of sp³-hybridized carbons (Fsp3) is 0.600. The highest BCUT2D eigenvalue weighted by atomic mass is 19.1. The van der Waals surface area contributed by atoms with Crippen LogP contribution in [0.3, 0.4) is 0 Å². The van der Waals surface area contributed by atoms with Crippen LogP contribution < -0.4 is 0 Å². The molecule has 0 aliphatic heterocycles. The molecule has 0 aromatic rings. The molecule has 3 heteroatoms. The predicted octanol–water partition coefficient (Wildman–Crippen LogP) is 0.723. The Bertz CT molecular complexity index is 72.8. The first-order valence-electron chi connectivity index (χ1n) is 2.28. The van der Waals surface area contributed by atoms with Crippen LogP contribution in [0, 0.1) is 6.42 Å². The zero-order valence-electron chi connectivity index (χ0n) is 4.69. The van der Waals surface area contributed by atoms with Gasteiger partial charge in [0.25, 0.3) is 0 Å². The van der Waals surface area contributed by atoms with Crippen molar-refractivity contribution in [2.75, 3.05) is 13.8 Å². The Balaban J connectivity index is 2.99.